The number of Topliss-reactive ketones (excluding diaryl/α,β-unsaturated/α-hetero) is 1. The van der Waals surface area contributed by atoms with Crippen molar-refractivity contribution in [2.75, 3.05) is 6.54 Å². The lowest BCUT2D eigenvalue weighted by molar-refractivity contribution is -0.125. The van der Waals surface area contributed by atoms with Gasteiger partial charge in [0.1, 0.15) is 0 Å². The second-order valence-electron chi connectivity index (χ2n) is 6.48. The highest BCUT2D eigenvalue weighted by Crippen LogP contribution is 2.32. The van der Waals surface area contributed by atoms with Gasteiger partial charge in [0.15, 0.2) is 5.78 Å². The first-order valence-corrected chi connectivity index (χ1v) is 8.06. The van der Waals surface area contributed by atoms with Crippen LogP contribution in [0.3, 0.4) is 0 Å². The van der Waals surface area contributed by atoms with Crippen molar-refractivity contribution in [2.24, 2.45) is 17.8 Å². The average molecular weight is 285 g/mol. The molecule has 1 aromatic carbocycles. The Hall–Kier alpha value is -1.64. The number of rotatable bonds is 5. The van der Waals surface area contributed by atoms with Gasteiger partial charge in [0.25, 0.3) is 0 Å². The summed E-state index contributed by atoms with van der Waals surface area (Å²) in [7, 11) is 0. The quantitative estimate of drug-likeness (QED) is 0.904. The zero-order valence-electron chi connectivity index (χ0n) is 12.6. The van der Waals surface area contributed by atoms with Gasteiger partial charge in [0.2, 0.25) is 5.91 Å². The van der Waals surface area contributed by atoms with Gasteiger partial charge in [0, 0.05) is 23.9 Å². The maximum Gasteiger partial charge on any atom is 0.223 e. The van der Waals surface area contributed by atoms with E-state index in [2.05, 4.69) is 5.32 Å². The van der Waals surface area contributed by atoms with Crippen molar-refractivity contribution in [2.45, 2.75) is 39.0 Å². The first kappa shape index (κ1) is 14.3. The van der Waals surface area contributed by atoms with E-state index in [1.165, 1.54) is 12.8 Å². The van der Waals surface area contributed by atoms with Crippen molar-refractivity contribution < 1.29 is 9.59 Å². The lowest BCUT2D eigenvalue weighted by Gasteiger charge is -2.27. The number of aryl methyl sites for hydroxylation is 1. The third-order valence-corrected chi connectivity index (χ3v) is 4.91. The van der Waals surface area contributed by atoms with Gasteiger partial charge in [-0.05, 0) is 30.7 Å². The molecule has 3 rings (SSSR count). The summed E-state index contributed by atoms with van der Waals surface area (Å²) in [5, 5.41) is 3.00. The molecule has 1 fully saturated rings. The minimum atomic E-state index is -0.231. The lowest BCUT2D eigenvalue weighted by Crippen LogP contribution is -2.38. The molecular formula is C18H23NO2. The standard InChI is InChI=1S/C18H23NO2/c1-12(18(21)19-11-10-13-6-7-13)15-9-8-14-4-2-3-5-16(14)17(15)20/h2-5,12-13,15H,6-11H2,1H3,(H,19,21). The Kier molecular flexibility index (Phi) is 4.09. The minimum absolute atomic E-state index is 0.0355. The van der Waals surface area contributed by atoms with Crippen LogP contribution in [0.2, 0.25) is 0 Å². The van der Waals surface area contributed by atoms with Crippen LogP contribution in [0.4, 0.5) is 0 Å². The number of hydrogen-bond acceptors (Lipinski definition) is 2. The Morgan fingerprint density at radius 1 is 1.29 bits per heavy atom. The van der Waals surface area contributed by atoms with Crippen LogP contribution in [0.5, 0.6) is 0 Å². The van der Waals surface area contributed by atoms with Crippen LogP contribution in [0, 0.1) is 17.8 Å². The van der Waals surface area contributed by atoms with E-state index in [0.29, 0.717) is 0 Å². The Morgan fingerprint density at radius 3 is 2.81 bits per heavy atom. The van der Waals surface area contributed by atoms with Gasteiger partial charge in [-0.15, -0.1) is 0 Å². The monoisotopic (exact) mass is 285 g/mol. The zero-order chi connectivity index (χ0) is 14.8. The van der Waals surface area contributed by atoms with Crippen LogP contribution in [-0.4, -0.2) is 18.2 Å². The van der Waals surface area contributed by atoms with Gasteiger partial charge in [0.05, 0.1) is 0 Å². The molecule has 0 aliphatic heterocycles. The molecule has 2 aliphatic carbocycles. The number of benzene rings is 1. The van der Waals surface area contributed by atoms with Crippen LogP contribution in [0.25, 0.3) is 0 Å². The van der Waals surface area contributed by atoms with Crippen LogP contribution >= 0.6 is 0 Å². The van der Waals surface area contributed by atoms with Crippen LogP contribution in [-0.2, 0) is 11.2 Å². The highest BCUT2D eigenvalue weighted by Gasteiger charge is 2.34. The van der Waals surface area contributed by atoms with Crippen molar-refractivity contribution in [1.82, 2.24) is 5.32 Å². The molecule has 0 heterocycles. The second kappa shape index (κ2) is 6.00. The lowest BCUT2D eigenvalue weighted by atomic mass is 9.76. The summed E-state index contributed by atoms with van der Waals surface area (Å²) < 4.78 is 0. The summed E-state index contributed by atoms with van der Waals surface area (Å²) in [6.07, 6.45) is 5.38. The van der Waals surface area contributed by atoms with Gasteiger partial charge in [-0.2, -0.15) is 0 Å². The zero-order valence-corrected chi connectivity index (χ0v) is 12.6. The molecule has 2 atom stereocenters. The first-order valence-electron chi connectivity index (χ1n) is 8.06. The van der Waals surface area contributed by atoms with Crippen molar-refractivity contribution in [3.05, 3.63) is 35.4 Å². The van der Waals surface area contributed by atoms with Crippen LogP contribution < -0.4 is 5.32 Å². The molecule has 21 heavy (non-hydrogen) atoms. The van der Waals surface area contributed by atoms with E-state index in [9.17, 15) is 9.59 Å². The van der Waals surface area contributed by atoms with E-state index in [0.717, 1.165) is 42.9 Å². The molecule has 3 nitrogen and oxygen atoms in total. The van der Waals surface area contributed by atoms with Gasteiger partial charge in [-0.3, -0.25) is 9.59 Å². The molecular weight excluding hydrogens is 262 g/mol. The third kappa shape index (κ3) is 3.17. The van der Waals surface area contributed by atoms with E-state index >= 15 is 0 Å². The topological polar surface area (TPSA) is 46.2 Å². The normalized spacial score (nSPS) is 22.5. The van der Waals surface area contributed by atoms with Gasteiger partial charge < -0.3 is 5.32 Å². The molecule has 1 amide bonds. The minimum Gasteiger partial charge on any atom is -0.356 e. The fraction of sp³-hybridized carbons (Fsp3) is 0.556. The maximum absolute atomic E-state index is 12.6. The number of carbonyl (C=O) groups excluding carboxylic acids is 2. The van der Waals surface area contributed by atoms with E-state index in [1.54, 1.807) is 0 Å². The number of nitrogens with one attached hydrogen (secondary N) is 1. The predicted molar refractivity (Wildman–Crippen MR) is 82.1 cm³/mol. The summed E-state index contributed by atoms with van der Waals surface area (Å²) in [5.74, 6) is 0.602. The summed E-state index contributed by atoms with van der Waals surface area (Å²) >= 11 is 0. The molecule has 112 valence electrons. The van der Waals surface area contributed by atoms with Gasteiger partial charge >= 0.3 is 0 Å². The molecule has 0 bridgehead atoms. The molecule has 1 aromatic rings. The Balaban J connectivity index is 1.60. The SMILES string of the molecule is CC(C(=O)NCCC1CC1)C1CCc2ccccc2C1=O. The van der Waals surface area contributed by atoms with Crippen molar-refractivity contribution in [1.29, 1.82) is 0 Å². The Bertz CT molecular complexity index is 548. The van der Waals surface area contributed by atoms with Gasteiger partial charge in [-0.25, -0.2) is 0 Å². The predicted octanol–water partition coefficient (Wildman–Crippen LogP) is 2.98. The Morgan fingerprint density at radius 2 is 2.05 bits per heavy atom. The average Bonchev–Trinajstić information content (AvgIpc) is 3.31. The molecule has 2 aliphatic rings. The number of carbonyl (C=O) groups is 2. The smallest absolute Gasteiger partial charge is 0.223 e. The summed E-state index contributed by atoms with van der Waals surface area (Å²) in [6.45, 7) is 2.65. The Labute approximate surface area is 126 Å². The molecule has 0 spiro atoms. The van der Waals surface area contributed by atoms with Gasteiger partial charge in [-0.1, -0.05) is 44.0 Å². The van der Waals surface area contributed by atoms with E-state index in [1.807, 2.05) is 31.2 Å². The van der Waals surface area contributed by atoms with Crippen LogP contribution in [0.15, 0.2) is 24.3 Å². The van der Waals surface area contributed by atoms with Crippen LogP contribution in [0.1, 0.15) is 48.5 Å². The fourth-order valence-electron chi connectivity index (χ4n) is 3.25. The largest absolute Gasteiger partial charge is 0.356 e. The van der Waals surface area contributed by atoms with E-state index < -0.39 is 0 Å². The highest BCUT2D eigenvalue weighted by atomic mass is 16.2. The third-order valence-electron chi connectivity index (χ3n) is 4.91. The molecule has 2 unspecified atom stereocenters. The molecule has 1 saturated carbocycles. The molecule has 0 saturated heterocycles. The fourth-order valence-corrected chi connectivity index (χ4v) is 3.25. The number of hydrogen-bond donors (Lipinski definition) is 1. The second-order valence-corrected chi connectivity index (χ2v) is 6.48. The number of ketones is 1. The van der Waals surface area contributed by atoms with Crippen molar-refractivity contribution in [3.8, 4) is 0 Å². The first-order chi connectivity index (χ1) is 10.2. The van der Waals surface area contributed by atoms with Crippen molar-refractivity contribution >= 4 is 11.7 Å². The van der Waals surface area contributed by atoms with Crippen molar-refractivity contribution in [3.63, 3.8) is 0 Å². The molecule has 3 heteroatoms. The highest BCUT2D eigenvalue weighted by molar-refractivity contribution is 6.02. The summed E-state index contributed by atoms with van der Waals surface area (Å²) in [6, 6.07) is 7.78. The summed E-state index contributed by atoms with van der Waals surface area (Å²) in [4.78, 5) is 24.8. The molecule has 0 aromatic heterocycles. The number of fused-ring (bicyclic) bond motifs is 1. The van der Waals surface area contributed by atoms with E-state index in [4.69, 9.17) is 0 Å². The molecule has 0 radical (unpaired) electrons. The van der Waals surface area contributed by atoms with E-state index in [-0.39, 0.29) is 23.5 Å². The molecule has 1 N–H and O–H groups in total. The maximum atomic E-state index is 12.6. The number of amides is 1. The summed E-state index contributed by atoms with van der Waals surface area (Å²) in [5.41, 5.74) is 1.94.